The normalized spacial score (nSPS) is 19.1. The molecular formula is C24H29N3O3. The summed E-state index contributed by atoms with van der Waals surface area (Å²) >= 11 is 0. The third-order valence-electron chi connectivity index (χ3n) is 5.82. The summed E-state index contributed by atoms with van der Waals surface area (Å²) in [5, 5.41) is 2.96. The summed E-state index contributed by atoms with van der Waals surface area (Å²) in [6.07, 6.45) is 3.57. The molecule has 2 saturated heterocycles. The molecule has 158 valence electrons. The molecule has 6 heteroatoms. The summed E-state index contributed by atoms with van der Waals surface area (Å²) in [6, 6.07) is 17.1. The standard InChI is InChI=1S/C24H29N3O3/c28-23(25-21-12-10-19(11-13-21)17-26-14-4-5-15-26)22-9-6-16-27(22)24(29)30-18-20-7-2-1-3-8-20/h1-3,7-8,10-13,22H,4-6,9,14-18H2,(H,25,28)/t22-/m0/s1. The van der Waals surface area contributed by atoms with Gasteiger partial charge in [-0.1, -0.05) is 42.5 Å². The van der Waals surface area contributed by atoms with Gasteiger partial charge in [-0.3, -0.25) is 14.6 Å². The largest absolute Gasteiger partial charge is 0.445 e. The first-order chi connectivity index (χ1) is 14.7. The van der Waals surface area contributed by atoms with E-state index in [0.29, 0.717) is 13.0 Å². The molecule has 2 aromatic rings. The Morgan fingerprint density at radius 3 is 2.37 bits per heavy atom. The lowest BCUT2D eigenvalue weighted by atomic mass is 10.1. The van der Waals surface area contributed by atoms with Crippen molar-refractivity contribution in [3.63, 3.8) is 0 Å². The molecule has 2 fully saturated rings. The molecule has 2 amide bonds. The van der Waals surface area contributed by atoms with E-state index in [1.54, 1.807) is 4.90 Å². The van der Waals surface area contributed by atoms with Gasteiger partial charge in [-0.2, -0.15) is 0 Å². The molecule has 2 aliphatic heterocycles. The number of amides is 2. The van der Waals surface area contributed by atoms with E-state index in [2.05, 4.69) is 22.3 Å². The van der Waals surface area contributed by atoms with Crippen LogP contribution in [0.1, 0.15) is 36.8 Å². The van der Waals surface area contributed by atoms with Crippen LogP contribution < -0.4 is 5.32 Å². The lowest BCUT2D eigenvalue weighted by molar-refractivity contribution is -0.120. The Balaban J connectivity index is 1.30. The molecule has 0 bridgehead atoms. The van der Waals surface area contributed by atoms with Crippen LogP contribution in [0.4, 0.5) is 10.5 Å². The van der Waals surface area contributed by atoms with Crippen molar-refractivity contribution in [3.8, 4) is 0 Å². The van der Waals surface area contributed by atoms with Gasteiger partial charge in [0.2, 0.25) is 5.91 Å². The number of ether oxygens (including phenoxy) is 1. The SMILES string of the molecule is O=C(Nc1ccc(CN2CCCC2)cc1)[C@@H]1CCCN1C(=O)OCc1ccccc1. The molecule has 0 aromatic heterocycles. The molecule has 0 spiro atoms. The molecule has 30 heavy (non-hydrogen) atoms. The molecule has 2 aromatic carbocycles. The van der Waals surface area contributed by atoms with Crippen molar-refractivity contribution in [1.29, 1.82) is 0 Å². The van der Waals surface area contributed by atoms with Crippen LogP contribution in [0.25, 0.3) is 0 Å². The van der Waals surface area contributed by atoms with Gasteiger partial charge in [0.15, 0.2) is 0 Å². The maximum Gasteiger partial charge on any atom is 0.410 e. The van der Waals surface area contributed by atoms with Gasteiger partial charge < -0.3 is 10.1 Å². The summed E-state index contributed by atoms with van der Waals surface area (Å²) in [5.74, 6) is -0.156. The van der Waals surface area contributed by atoms with Gasteiger partial charge in [0, 0.05) is 18.8 Å². The molecule has 1 N–H and O–H groups in total. The van der Waals surface area contributed by atoms with Crippen LogP contribution in [0.3, 0.4) is 0 Å². The second-order valence-corrected chi connectivity index (χ2v) is 8.06. The number of nitrogens with one attached hydrogen (secondary N) is 1. The first-order valence-corrected chi connectivity index (χ1v) is 10.8. The average Bonchev–Trinajstić information content (AvgIpc) is 3.46. The van der Waals surface area contributed by atoms with Crippen LogP contribution in [0.5, 0.6) is 0 Å². The maximum atomic E-state index is 12.8. The molecule has 0 radical (unpaired) electrons. The third-order valence-corrected chi connectivity index (χ3v) is 5.82. The predicted molar refractivity (Wildman–Crippen MR) is 116 cm³/mol. The molecule has 1 atom stereocenters. The molecule has 4 rings (SSSR count). The van der Waals surface area contributed by atoms with Crippen LogP contribution in [-0.4, -0.2) is 47.5 Å². The van der Waals surface area contributed by atoms with Gasteiger partial charge in [0.05, 0.1) is 0 Å². The van der Waals surface area contributed by atoms with E-state index in [1.807, 2.05) is 42.5 Å². The fraction of sp³-hybridized carbons (Fsp3) is 0.417. The monoisotopic (exact) mass is 407 g/mol. The average molecular weight is 408 g/mol. The van der Waals surface area contributed by atoms with E-state index < -0.39 is 12.1 Å². The van der Waals surface area contributed by atoms with Gasteiger partial charge in [0.1, 0.15) is 12.6 Å². The Morgan fingerprint density at radius 2 is 1.63 bits per heavy atom. The molecule has 2 aliphatic rings. The first-order valence-electron chi connectivity index (χ1n) is 10.8. The second kappa shape index (κ2) is 9.76. The number of rotatable bonds is 6. The van der Waals surface area contributed by atoms with Crippen LogP contribution in [-0.2, 0) is 22.7 Å². The minimum atomic E-state index is -0.488. The van der Waals surface area contributed by atoms with Crippen LogP contribution >= 0.6 is 0 Å². The highest BCUT2D eigenvalue weighted by Crippen LogP contribution is 2.21. The lowest BCUT2D eigenvalue weighted by Gasteiger charge is -2.23. The smallest absolute Gasteiger partial charge is 0.410 e. The number of carbonyl (C=O) groups excluding carboxylic acids is 2. The highest BCUT2D eigenvalue weighted by atomic mass is 16.6. The van der Waals surface area contributed by atoms with E-state index >= 15 is 0 Å². The Morgan fingerprint density at radius 1 is 0.900 bits per heavy atom. The van der Waals surface area contributed by atoms with E-state index in [0.717, 1.165) is 37.3 Å². The molecule has 6 nitrogen and oxygen atoms in total. The number of hydrogen-bond donors (Lipinski definition) is 1. The van der Waals surface area contributed by atoms with E-state index in [9.17, 15) is 9.59 Å². The van der Waals surface area contributed by atoms with E-state index in [4.69, 9.17) is 4.74 Å². The zero-order chi connectivity index (χ0) is 20.8. The van der Waals surface area contributed by atoms with E-state index in [-0.39, 0.29) is 12.5 Å². The molecular weight excluding hydrogens is 378 g/mol. The lowest BCUT2D eigenvalue weighted by Crippen LogP contribution is -2.43. The number of carbonyl (C=O) groups is 2. The highest BCUT2D eigenvalue weighted by Gasteiger charge is 2.35. The summed E-state index contributed by atoms with van der Waals surface area (Å²) in [7, 11) is 0. The predicted octanol–water partition coefficient (Wildman–Crippen LogP) is 4.02. The van der Waals surface area contributed by atoms with Crippen molar-refractivity contribution in [3.05, 3.63) is 65.7 Å². The zero-order valence-electron chi connectivity index (χ0n) is 17.3. The Kier molecular flexibility index (Phi) is 6.64. The summed E-state index contributed by atoms with van der Waals surface area (Å²) in [5.41, 5.74) is 2.94. The topological polar surface area (TPSA) is 61.9 Å². The number of likely N-dealkylation sites (tertiary alicyclic amines) is 2. The number of benzene rings is 2. The Labute approximate surface area is 177 Å². The maximum absolute atomic E-state index is 12.8. The minimum Gasteiger partial charge on any atom is -0.445 e. The zero-order valence-corrected chi connectivity index (χ0v) is 17.3. The quantitative estimate of drug-likeness (QED) is 0.786. The Bertz CT molecular complexity index is 848. The van der Waals surface area contributed by atoms with Crippen LogP contribution in [0.2, 0.25) is 0 Å². The van der Waals surface area contributed by atoms with Crippen molar-refractivity contribution in [1.82, 2.24) is 9.80 Å². The molecule has 0 saturated carbocycles. The van der Waals surface area contributed by atoms with Crippen molar-refractivity contribution >= 4 is 17.7 Å². The summed E-state index contributed by atoms with van der Waals surface area (Å²) in [4.78, 5) is 29.3. The highest BCUT2D eigenvalue weighted by molar-refractivity contribution is 5.96. The van der Waals surface area contributed by atoms with Gasteiger partial charge in [-0.25, -0.2) is 4.79 Å². The minimum absolute atomic E-state index is 0.156. The van der Waals surface area contributed by atoms with Crippen molar-refractivity contribution in [2.75, 3.05) is 25.0 Å². The second-order valence-electron chi connectivity index (χ2n) is 8.06. The fourth-order valence-electron chi connectivity index (χ4n) is 4.18. The van der Waals surface area contributed by atoms with Crippen molar-refractivity contribution in [2.24, 2.45) is 0 Å². The number of nitrogens with zero attached hydrogens (tertiary/aromatic N) is 2. The van der Waals surface area contributed by atoms with Gasteiger partial charge in [0.25, 0.3) is 0 Å². The summed E-state index contributed by atoms with van der Waals surface area (Å²) < 4.78 is 5.42. The van der Waals surface area contributed by atoms with Crippen molar-refractivity contribution < 1.29 is 14.3 Å². The first kappa shape index (κ1) is 20.4. The van der Waals surface area contributed by atoms with E-state index in [1.165, 1.54) is 18.4 Å². The fourth-order valence-corrected chi connectivity index (χ4v) is 4.18. The molecule has 0 aliphatic carbocycles. The molecule has 2 heterocycles. The van der Waals surface area contributed by atoms with Gasteiger partial charge >= 0.3 is 6.09 Å². The third kappa shape index (κ3) is 5.19. The number of anilines is 1. The number of hydrogen-bond acceptors (Lipinski definition) is 4. The van der Waals surface area contributed by atoms with Gasteiger partial charge in [-0.15, -0.1) is 0 Å². The molecule has 0 unspecified atom stereocenters. The Hall–Kier alpha value is -2.86. The van der Waals surface area contributed by atoms with Crippen LogP contribution in [0, 0.1) is 0 Å². The van der Waals surface area contributed by atoms with Gasteiger partial charge in [-0.05, 0) is 62.0 Å². The summed E-state index contributed by atoms with van der Waals surface area (Å²) in [6.45, 7) is 4.04. The van der Waals surface area contributed by atoms with Crippen LogP contribution in [0.15, 0.2) is 54.6 Å². The van der Waals surface area contributed by atoms with Crippen molar-refractivity contribution in [2.45, 2.75) is 44.9 Å².